The molecule has 2 aliphatic rings. The monoisotopic (exact) mass is 291 g/mol. The molecule has 6 heteroatoms. The highest BCUT2D eigenvalue weighted by Crippen LogP contribution is 2.23. The standard InChI is InChI=1S/C14H21N5S/c1-10-8-12(13(15)20)17-14(16-10)19-7-6-18-5-3-2-4-11(18)9-19/h8,11H,2-7,9H2,1H3,(H2,15,20). The maximum Gasteiger partial charge on any atom is 0.226 e. The summed E-state index contributed by atoms with van der Waals surface area (Å²) in [6, 6.07) is 2.50. The maximum absolute atomic E-state index is 5.70. The number of rotatable bonds is 2. The SMILES string of the molecule is Cc1cc(C(N)=S)nc(N2CCN3CCCCC3C2)n1. The molecule has 3 rings (SSSR count). The minimum Gasteiger partial charge on any atom is -0.388 e. The minimum atomic E-state index is 0.341. The van der Waals surface area contributed by atoms with Crippen LogP contribution in [-0.2, 0) is 0 Å². The summed E-state index contributed by atoms with van der Waals surface area (Å²) in [5, 5.41) is 0. The third-order valence-electron chi connectivity index (χ3n) is 4.22. The Morgan fingerprint density at radius 1 is 1.30 bits per heavy atom. The van der Waals surface area contributed by atoms with E-state index in [9.17, 15) is 0 Å². The zero-order valence-electron chi connectivity index (χ0n) is 11.9. The van der Waals surface area contributed by atoms with Crippen molar-refractivity contribution in [2.24, 2.45) is 5.73 Å². The fraction of sp³-hybridized carbons (Fsp3) is 0.643. The minimum absolute atomic E-state index is 0.341. The van der Waals surface area contributed by atoms with Crippen molar-refractivity contribution in [1.29, 1.82) is 0 Å². The lowest BCUT2D eigenvalue weighted by molar-refractivity contribution is 0.133. The molecule has 20 heavy (non-hydrogen) atoms. The van der Waals surface area contributed by atoms with Crippen molar-refractivity contribution in [2.75, 3.05) is 31.1 Å². The molecule has 5 nitrogen and oxygen atoms in total. The molecule has 1 aromatic heterocycles. The molecule has 1 atom stereocenters. The van der Waals surface area contributed by atoms with E-state index in [-0.39, 0.29) is 0 Å². The molecular formula is C14H21N5S. The van der Waals surface area contributed by atoms with Gasteiger partial charge in [-0.3, -0.25) is 4.90 Å². The molecule has 0 saturated carbocycles. The summed E-state index contributed by atoms with van der Waals surface area (Å²) in [4.78, 5) is 14.3. The van der Waals surface area contributed by atoms with Gasteiger partial charge in [0.15, 0.2) is 0 Å². The Kier molecular flexibility index (Phi) is 3.85. The fourth-order valence-electron chi connectivity index (χ4n) is 3.16. The van der Waals surface area contributed by atoms with Crippen molar-refractivity contribution in [3.05, 3.63) is 17.5 Å². The Hall–Kier alpha value is -1.27. The van der Waals surface area contributed by atoms with Gasteiger partial charge in [0.25, 0.3) is 0 Å². The number of aryl methyl sites for hydroxylation is 1. The number of nitrogens with two attached hydrogens (primary N) is 1. The summed E-state index contributed by atoms with van der Waals surface area (Å²) >= 11 is 5.04. The van der Waals surface area contributed by atoms with Crippen LogP contribution in [0.25, 0.3) is 0 Å². The quantitative estimate of drug-likeness (QED) is 0.823. The van der Waals surface area contributed by atoms with Crippen LogP contribution in [0.3, 0.4) is 0 Å². The summed E-state index contributed by atoms with van der Waals surface area (Å²) in [6.07, 6.45) is 3.95. The molecule has 2 N–H and O–H groups in total. The van der Waals surface area contributed by atoms with E-state index >= 15 is 0 Å². The Morgan fingerprint density at radius 2 is 2.15 bits per heavy atom. The third kappa shape index (κ3) is 2.76. The first-order chi connectivity index (χ1) is 9.63. The number of aromatic nitrogens is 2. The fourth-order valence-corrected chi connectivity index (χ4v) is 3.26. The predicted molar refractivity (Wildman–Crippen MR) is 84.1 cm³/mol. The second kappa shape index (κ2) is 5.61. The Morgan fingerprint density at radius 3 is 2.95 bits per heavy atom. The Labute approximate surface area is 125 Å². The van der Waals surface area contributed by atoms with Gasteiger partial charge in [0.1, 0.15) is 10.7 Å². The van der Waals surface area contributed by atoms with Gasteiger partial charge in [-0.25, -0.2) is 9.97 Å². The number of thiocarbonyl (C=S) groups is 1. The van der Waals surface area contributed by atoms with Crippen molar-refractivity contribution in [1.82, 2.24) is 14.9 Å². The first kappa shape index (κ1) is 13.7. The van der Waals surface area contributed by atoms with E-state index in [2.05, 4.69) is 19.8 Å². The van der Waals surface area contributed by atoms with Crippen molar-refractivity contribution in [2.45, 2.75) is 32.2 Å². The first-order valence-electron chi connectivity index (χ1n) is 7.28. The molecule has 1 aromatic rings. The summed E-state index contributed by atoms with van der Waals surface area (Å²) in [7, 11) is 0. The topological polar surface area (TPSA) is 58.3 Å². The third-order valence-corrected chi connectivity index (χ3v) is 4.42. The summed E-state index contributed by atoms with van der Waals surface area (Å²) < 4.78 is 0. The molecular weight excluding hydrogens is 270 g/mol. The molecule has 0 radical (unpaired) electrons. The lowest BCUT2D eigenvalue weighted by atomic mass is 10.00. The van der Waals surface area contributed by atoms with Crippen LogP contribution in [0.5, 0.6) is 0 Å². The van der Waals surface area contributed by atoms with E-state index in [1.54, 1.807) is 0 Å². The van der Waals surface area contributed by atoms with Crippen LogP contribution in [-0.4, -0.2) is 52.1 Å². The zero-order valence-corrected chi connectivity index (χ0v) is 12.7. The Bertz CT molecular complexity index is 518. The van der Waals surface area contributed by atoms with Gasteiger partial charge in [-0.15, -0.1) is 0 Å². The number of piperidine rings is 1. The summed E-state index contributed by atoms with van der Waals surface area (Å²) in [5.41, 5.74) is 7.30. The lowest BCUT2D eigenvalue weighted by Gasteiger charge is -2.44. The number of fused-ring (bicyclic) bond motifs is 1. The zero-order chi connectivity index (χ0) is 14.1. The summed E-state index contributed by atoms with van der Waals surface area (Å²) in [6.45, 7) is 6.30. The highest BCUT2D eigenvalue weighted by molar-refractivity contribution is 7.80. The van der Waals surface area contributed by atoms with Crippen LogP contribution < -0.4 is 10.6 Å². The van der Waals surface area contributed by atoms with E-state index in [1.165, 1.54) is 25.8 Å². The molecule has 108 valence electrons. The lowest BCUT2D eigenvalue weighted by Crippen LogP contribution is -2.55. The van der Waals surface area contributed by atoms with Gasteiger partial charge < -0.3 is 10.6 Å². The number of hydrogen-bond donors (Lipinski definition) is 1. The van der Waals surface area contributed by atoms with Crippen molar-refractivity contribution >= 4 is 23.2 Å². The first-order valence-corrected chi connectivity index (χ1v) is 7.69. The molecule has 2 saturated heterocycles. The van der Waals surface area contributed by atoms with Crippen LogP contribution in [0.15, 0.2) is 6.07 Å². The second-order valence-electron chi connectivity index (χ2n) is 5.69. The number of piperazine rings is 1. The van der Waals surface area contributed by atoms with Crippen molar-refractivity contribution in [3.8, 4) is 0 Å². The van der Waals surface area contributed by atoms with Crippen LogP contribution >= 0.6 is 12.2 Å². The number of hydrogen-bond acceptors (Lipinski definition) is 5. The van der Waals surface area contributed by atoms with Gasteiger partial charge in [0.05, 0.1) is 0 Å². The van der Waals surface area contributed by atoms with Gasteiger partial charge in [0.2, 0.25) is 5.95 Å². The number of nitrogens with zero attached hydrogens (tertiary/aromatic N) is 4. The van der Waals surface area contributed by atoms with E-state index in [0.29, 0.717) is 16.7 Å². The molecule has 0 spiro atoms. The predicted octanol–water partition coefficient (Wildman–Crippen LogP) is 1.09. The smallest absolute Gasteiger partial charge is 0.226 e. The van der Waals surface area contributed by atoms with Crippen molar-refractivity contribution in [3.63, 3.8) is 0 Å². The maximum atomic E-state index is 5.70. The number of anilines is 1. The molecule has 2 fully saturated rings. The van der Waals surface area contributed by atoms with Crippen LogP contribution in [0, 0.1) is 6.92 Å². The molecule has 0 bridgehead atoms. The van der Waals surface area contributed by atoms with E-state index in [1.807, 2.05) is 13.0 Å². The van der Waals surface area contributed by atoms with Gasteiger partial charge >= 0.3 is 0 Å². The van der Waals surface area contributed by atoms with Crippen LogP contribution in [0.1, 0.15) is 30.7 Å². The summed E-state index contributed by atoms with van der Waals surface area (Å²) in [5.74, 6) is 0.776. The Balaban J connectivity index is 1.80. The van der Waals surface area contributed by atoms with E-state index in [4.69, 9.17) is 18.0 Å². The molecule has 0 aliphatic carbocycles. The molecule has 0 aromatic carbocycles. The van der Waals surface area contributed by atoms with Crippen LogP contribution in [0.4, 0.5) is 5.95 Å². The normalized spacial score (nSPS) is 23.4. The van der Waals surface area contributed by atoms with E-state index < -0.39 is 0 Å². The highest BCUT2D eigenvalue weighted by Gasteiger charge is 2.30. The highest BCUT2D eigenvalue weighted by atomic mass is 32.1. The second-order valence-corrected chi connectivity index (χ2v) is 6.13. The van der Waals surface area contributed by atoms with Crippen molar-refractivity contribution < 1.29 is 0 Å². The van der Waals surface area contributed by atoms with Gasteiger partial charge in [-0.05, 0) is 32.4 Å². The largest absolute Gasteiger partial charge is 0.388 e. The van der Waals surface area contributed by atoms with Gasteiger partial charge in [-0.1, -0.05) is 18.6 Å². The average molecular weight is 291 g/mol. The van der Waals surface area contributed by atoms with Gasteiger partial charge in [0, 0.05) is 31.4 Å². The van der Waals surface area contributed by atoms with Crippen LogP contribution in [0.2, 0.25) is 0 Å². The molecule has 3 heterocycles. The van der Waals surface area contributed by atoms with E-state index in [0.717, 1.165) is 31.3 Å². The molecule has 0 amide bonds. The van der Waals surface area contributed by atoms with Gasteiger partial charge in [-0.2, -0.15) is 0 Å². The average Bonchev–Trinajstić information content (AvgIpc) is 2.46. The molecule has 2 aliphatic heterocycles. The molecule has 1 unspecified atom stereocenters.